The quantitative estimate of drug-likeness (QED) is 0.768. The van der Waals surface area contributed by atoms with Crippen molar-refractivity contribution in [2.24, 2.45) is 5.92 Å². The zero-order valence-electron chi connectivity index (χ0n) is 15.6. The van der Waals surface area contributed by atoms with Crippen molar-refractivity contribution < 1.29 is 9.47 Å². The molecule has 0 amide bonds. The highest BCUT2D eigenvalue weighted by Gasteiger charge is 2.27. The van der Waals surface area contributed by atoms with Gasteiger partial charge in [0.1, 0.15) is 5.82 Å². The number of rotatable bonds is 7. The van der Waals surface area contributed by atoms with Crippen LogP contribution in [0.15, 0.2) is 18.6 Å². The summed E-state index contributed by atoms with van der Waals surface area (Å²) in [5.41, 5.74) is 2.51. The molecule has 2 aliphatic heterocycles. The van der Waals surface area contributed by atoms with E-state index < -0.39 is 0 Å². The summed E-state index contributed by atoms with van der Waals surface area (Å²) < 4.78 is 13.7. The van der Waals surface area contributed by atoms with Crippen molar-refractivity contribution >= 4 is 0 Å². The molecule has 7 nitrogen and oxygen atoms in total. The van der Waals surface area contributed by atoms with Crippen molar-refractivity contribution in [2.75, 3.05) is 33.0 Å². The first-order valence-electron chi connectivity index (χ1n) is 9.72. The van der Waals surface area contributed by atoms with Gasteiger partial charge >= 0.3 is 0 Å². The molecule has 0 radical (unpaired) electrons. The summed E-state index contributed by atoms with van der Waals surface area (Å²) in [5, 5.41) is 6.93. The van der Waals surface area contributed by atoms with E-state index in [1.807, 2.05) is 18.6 Å². The predicted molar refractivity (Wildman–Crippen MR) is 97.7 cm³/mol. The Labute approximate surface area is 154 Å². The number of aromatic amines is 1. The van der Waals surface area contributed by atoms with Crippen molar-refractivity contribution in [3.05, 3.63) is 35.7 Å². The van der Waals surface area contributed by atoms with Crippen LogP contribution in [-0.4, -0.2) is 57.6 Å². The second-order valence-electron chi connectivity index (χ2n) is 7.39. The molecule has 1 saturated heterocycles. The maximum absolute atomic E-state index is 5.94. The summed E-state index contributed by atoms with van der Waals surface area (Å²) >= 11 is 0. The van der Waals surface area contributed by atoms with Gasteiger partial charge in [-0.1, -0.05) is 0 Å². The smallest absolute Gasteiger partial charge is 0.126 e. The van der Waals surface area contributed by atoms with Crippen LogP contribution < -0.4 is 0 Å². The molecule has 1 N–H and O–H groups in total. The Hall–Kier alpha value is -1.70. The molecule has 4 rings (SSSR count). The van der Waals surface area contributed by atoms with Crippen LogP contribution >= 0.6 is 0 Å². The molecule has 2 aliphatic rings. The van der Waals surface area contributed by atoms with E-state index in [9.17, 15) is 0 Å². The van der Waals surface area contributed by atoms with Gasteiger partial charge in [0.15, 0.2) is 0 Å². The molecule has 7 heteroatoms. The Kier molecular flexibility index (Phi) is 5.67. The van der Waals surface area contributed by atoms with E-state index in [2.05, 4.69) is 26.6 Å². The standard InChI is InChI=1S/C19H29N5O2/c1-15-19-20-12-18(4-9-26-14-16-2-7-25-8-3-16)24(19)6-5-23(15)13-17-10-21-22-11-17/h10-12,15-16H,2-9,13-14H2,1H3,(H,21,22)/t15-/m1/s1. The Morgan fingerprint density at radius 3 is 2.96 bits per heavy atom. The second kappa shape index (κ2) is 8.33. The van der Waals surface area contributed by atoms with Crippen LogP contribution in [-0.2, 0) is 29.0 Å². The zero-order valence-corrected chi connectivity index (χ0v) is 15.6. The first-order valence-corrected chi connectivity index (χ1v) is 9.72. The number of imidazole rings is 1. The first kappa shape index (κ1) is 17.7. The van der Waals surface area contributed by atoms with Gasteiger partial charge in [0.25, 0.3) is 0 Å². The predicted octanol–water partition coefficient (Wildman–Crippen LogP) is 2.17. The second-order valence-corrected chi connectivity index (χ2v) is 7.39. The van der Waals surface area contributed by atoms with Gasteiger partial charge in [-0.25, -0.2) is 4.98 Å². The molecule has 142 valence electrons. The Morgan fingerprint density at radius 2 is 2.15 bits per heavy atom. The number of hydrogen-bond acceptors (Lipinski definition) is 5. The summed E-state index contributed by atoms with van der Waals surface area (Å²) in [7, 11) is 0. The maximum atomic E-state index is 5.94. The van der Waals surface area contributed by atoms with E-state index in [-0.39, 0.29) is 0 Å². The van der Waals surface area contributed by atoms with Crippen LogP contribution in [0.1, 0.15) is 42.9 Å². The summed E-state index contributed by atoms with van der Waals surface area (Å²) in [5.74, 6) is 1.83. The molecule has 1 atom stereocenters. The molecule has 0 saturated carbocycles. The number of fused-ring (bicyclic) bond motifs is 1. The minimum absolute atomic E-state index is 0.315. The average Bonchev–Trinajstić information content (AvgIpc) is 3.32. The molecule has 2 aromatic rings. The Bertz CT molecular complexity index is 678. The summed E-state index contributed by atoms with van der Waals surface area (Å²) in [6, 6.07) is 0.315. The van der Waals surface area contributed by atoms with Crippen LogP contribution in [0.2, 0.25) is 0 Å². The van der Waals surface area contributed by atoms with E-state index in [1.165, 1.54) is 17.1 Å². The fraction of sp³-hybridized carbons (Fsp3) is 0.684. The fourth-order valence-corrected chi connectivity index (χ4v) is 3.96. The largest absolute Gasteiger partial charge is 0.381 e. The van der Waals surface area contributed by atoms with Gasteiger partial charge in [0, 0.05) is 69.5 Å². The van der Waals surface area contributed by atoms with Crippen LogP contribution in [0.5, 0.6) is 0 Å². The van der Waals surface area contributed by atoms with Gasteiger partial charge in [0.05, 0.1) is 18.8 Å². The molecule has 0 aromatic carbocycles. The van der Waals surface area contributed by atoms with E-state index in [1.54, 1.807) is 0 Å². The summed E-state index contributed by atoms with van der Waals surface area (Å²) in [6.45, 7) is 8.58. The SMILES string of the molecule is C[C@@H]1c2ncc(CCOCC3CCOCC3)n2CCN1Cc1cn[nH]c1. The highest BCUT2D eigenvalue weighted by atomic mass is 16.5. The minimum Gasteiger partial charge on any atom is -0.381 e. The van der Waals surface area contributed by atoms with Crippen molar-refractivity contribution in [2.45, 2.75) is 45.3 Å². The number of aromatic nitrogens is 4. The highest BCUT2D eigenvalue weighted by Crippen LogP contribution is 2.27. The van der Waals surface area contributed by atoms with Crippen molar-refractivity contribution in [1.29, 1.82) is 0 Å². The molecule has 26 heavy (non-hydrogen) atoms. The van der Waals surface area contributed by atoms with E-state index in [4.69, 9.17) is 14.5 Å². The normalized spacial score (nSPS) is 21.8. The highest BCUT2D eigenvalue weighted by molar-refractivity contribution is 5.12. The van der Waals surface area contributed by atoms with Crippen LogP contribution in [0.3, 0.4) is 0 Å². The van der Waals surface area contributed by atoms with Crippen LogP contribution in [0, 0.1) is 5.92 Å². The fourth-order valence-electron chi connectivity index (χ4n) is 3.96. The van der Waals surface area contributed by atoms with Crippen LogP contribution in [0.25, 0.3) is 0 Å². The number of hydrogen-bond donors (Lipinski definition) is 1. The zero-order chi connectivity index (χ0) is 17.8. The molecule has 0 spiro atoms. The Morgan fingerprint density at radius 1 is 1.27 bits per heavy atom. The lowest BCUT2D eigenvalue weighted by Gasteiger charge is -2.34. The number of nitrogens with zero attached hydrogens (tertiary/aromatic N) is 4. The van der Waals surface area contributed by atoms with E-state index in [0.29, 0.717) is 12.0 Å². The molecule has 4 heterocycles. The molecule has 0 unspecified atom stereocenters. The molecular weight excluding hydrogens is 330 g/mol. The monoisotopic (exact) mass is 359 g/mol. The lowest BCUT2D eigenvalue weighted by atomic mass is 10.0. The molecule has 1 fully saturated rings. The lowest BCUT2D eigenvalue weighted by molar-refractivity contribution is 0.0211. The lowest BCUT2D eigenvalue weighted by Crippen LogP contribution is -2.37. The Balaban J connectivity index is 1.29. The summed E-state index contributed by atoms with van der Waals surface area (Å²) in [6.07, 6.45) is 9.10. The summed E-state index contributed by atoms with van der Waals surface area (Å²) in [4.78, 5) is 7.17. The van der Waals surface area contributed by atoms with E-state index in [0.717, 1.165) is 65.3 Å². The van der Waals surface area contributed by atoms with Gasteiger partial charge in [-0.2, -0.15) is 5.10 Å². The van der Waals surface area contributed by atoms with Gasteiger partial charge in [-0.15, -0.1) is 0 Å². The maximum Gasteiger partial charge on any atom is 0.126 e. The van der Waals surface area contributed by atoms with Crippen molar-refractivity contribution in [3.8, 4) is 0 Å². The molecule has 0 bridgehead atoms. The van der Waals surface area contributed by atoms with Gasteiger partial charge in [0.2, 0.25) is 0 Å². The van der Waals surface area contributed by atoms with Crippen molar-refractivity contribution in [3.63, 3.8) is 0 Å². The van der Waals surface area contributed by atoms with Crippen LogP contribution in [0.4, 0.5) is 0 Å². The molecule has 2 aromatic heterocycles. The van der Waals surface area contributed by atoms with E-state index >= 15 is 0 Å². The topological polar surface area (TPSA) is 68.2 Å². The average molecular weight is 359 g/mol. The first-order chi connectivity index (χ1) is 12.8. The molecule has 0 aliphatic carbocycles. The number of H-pyrrole nitrogens is 1. The third-order valence-corrected chi connectivity index (χ3v) is 5.64. The van der Waals surface area contributed by atoms with Crippen molar-refractivity contribution in [1.82, 2.24) is 24.6 Å². The van der Waals surface area contributed by atoms with Gasteiger partial charge < -0.3 is 14.0 Å². The third-order valence-electron chi connectivity index (χ3n) is 5.64. The minimum atomic E-state index is 0.315. The number of nitrogens with one attached hydrogen (secondary N) is 1. The molecular formula is C19H29N5O2. The number of ether oxygens (including phenoxy) is 2. The van der Waals surface area contributed by atoms with Gasteiger partial charge in [-0.3, -0.25) is 10.00 Å². The van der Waals surface area contributed by atoms with Gasteiger partial charge in [-0.05, 0) is 25.7 Å². The third kappa shape index (κ3) is 4.00.